The van der Waals surface area contributed by atoms with Crippen molar-refractivity contribution in [2.24, 2.45) is 11.8 Å². The fourth-order valence-corrected chi connectivity index (χ4v) is 2.81. The molecule has 0 aromatic carbocycles. The first-order chi connectivity index (χ1) is 7.66. The van der Waals surface area contributed by atoms with Crippen molar-refractivity contribution in [1.82, 2.24) is 4.90 Å². The van der Waals surface area contributed by atoms with Crippen molar-refractivity contribution in [3.05, 3.63) is 0 Å². The van der Waals surface area contributed by atoms with Gasteiger partial charge in [-0.15, -0.1) is 0 Å². The Morgan fingerprint density at radius 1 is 1.38 bits per heavy atom. The van der Waals surface area contributed by atoms with E-state index in [4.69, 9.17) is 4.74 Å². The highest BCUT2D eigenvalue weighted by molar-refractivity contribution is 5.83. The van der Waals surface area contributed by atoms with Crippen LogP contribution in [0.2, 0.25) is 0 Å². The van der Waals surface area contributed by atoms with Crippen LogP contribution in [0.15, 0.2) is 0 Å². The van der Waals surface area contributed by atoms with Crippen LogP contribution in [0, 0.1) is 11.8 Å². The average Bonchev–Trinajstić information content (AvgIpc) is 2.75. The van der Waals surface area contributed by atoms with Crippen molar-refractivity contribution in [1.29, 1.82) is 0 Å². The number of rotatable bonds is 3. The van der Waals surface area contributed by atoms with E-state index in [9.17, 15) is 4.79 Å². The lowest BCUT2D eigenvalue weighted by molar-refractivity contribution is -0.125. The van der Waals surface area contributed by atoms with Crippen LogP contribution in [-0.2, 0) is 9.53 Å². The predicted molar refractivity (Wildman–Crippen MR) is 63.4 cm³/mol. The minimum atomic E-state index is 0.173. The molecule has 0 aliphatic carbocycles. The fraction of sp³-hybridized carbons (Fsp3) is 0.923. The Morgan fingerprint density at radius 2 is 2.19 bits per heavy atom. The van der Waals surface area contributed by atoms with Crippen molar-refractivity contribution in [3.8, 4) is 0 Å². The molecule has 3 heteroatoms. The molecule has 3 nitrogen and oxygen atoms in total. The van der Waals surface area contributed by atoms with Gasteiger partial charge in [0.2, 0.25) is 0 Å². The zero-order valence-corrected chi connectivity index (χ0v) is 10.4. The molecule has 92 valence electrons. The average molecular weight is 225 g/mol. The van der Waals surface area contributed by atoms with Crippen molar-refractivity contribution >= 4 is 5.78 Å². The van der Waals surface area contributed by atoms with Gasteiger partial charge in [-0.3, -0.25) is 9.69 Å². The van der Waals surface area contributed by atoms with E-state index < -0.39 is 0 Å². The lowest BCUT2D eigenvalue weighted by Crippen LogP contribution is -2.44. The second-order valence-corrected chi connectivity index (χ2v) is 5.48. The molecule has 0 spiro atoms. The maximum atomic E-state index is 12.0. The third-order valence-corrected chi connectivity index (χ3v) is 4.02. The lowest BCUT2D eigenvalue weighted by Gasteiger charge is -2.36. The first-order valence-corrected chi connectivity index (χ1v) is 6.51. The topological polar surface area (TPSA) is 29.5 Å². The molecule has 0 aromatic rings. The number of ether oxygens (including phenoxy) is 1. The van der Waals surface area contributed by atoms with Crippen LogP contribution in [-0.4, -0.2) is 43.0 Å². The number of likely N-dealkylation sites (tertiary alicyclic amines) is 1. The third-order valence-electron chi connectivity index (χ3n) is 4.02. The second-order valence-electron chi connectivity index (χ2n) is 5.48. The highest BCUT2D eigenvalue weighted by Crippen LogP contribution is 2.23. The van der Waals surface area contributed by atoms with E-state index in [0.717, 1.165) is 25.5 Å². The third kappa shape index (κ3) is 2.83. The highest BCUT2D eigenvalue weighted by Gasteiger charge is 2.29. The van der Waals surface area contributed by atoms with Crippen LogP contribution in [0.1, 0.15) is 33.1 Å². The molecular weight excluding hydrogens is 202 g/mol. The minimum Gasteiger partial charge on any atom is -0.381 e. The molecule has 2 rings (SSSR count). The van der Waals surface area contributed by atoms with Crippen LogP contribution >= 0.6 is 0 Å². The van der Waals surface area contributed by atoms with Crippen LogP contribution in [0.3, 0.4) is 0 Å². The molecule has 0 aromatic heterocycles. The number of ketones is 1. The number of nitrogens with zero attached hydrogens (tertiary/aromatic N) is 1. The number of Topliss-reactive ketones (excluding diaryl/α,β-unsaturated/α-hetero) is 1. The molecule has 2 aliphatic rings. The summed E-state index contributed by atoms with van der Waals surface area (Å²) in [4.78, 5) is 14.4. The summed E-state index contributed by atoms with van der Waals surface area (Å²) in [5.41, 5.74) is 0. The Morgan fingerprint density at radius 3 is 2.81 bits per heavy atom. The summed E-state index contributed by atoms with van der Waals surface area (Å²) in [5.74, 6) is 1.38. The van der Waals surface area contributed by atoms with Crippen LogP contribution in [0.4, 0.5) is 0 Å². The molecule has 0 N–H and O–H groups in total. The van der Waals surface area contributed by atoms with E-state index >= 15 is 0 Å². The van der Waals surface area contributed by atoms with Crippen molar-refractivity contribution in [2.45, 2.75) is 39.2 Å². The molecule has 2 heterocycles. The Kier molecular flexibility index (Phi) is 3.98. The number of hydrogen-bond acceptors (Lipinski definition) is 3. The molecule has 2 aliphatic heterocycles. The Balaban J connectivity index is 1.82. The maximum Gasteiger partial charge on any atom is 0.152 e. The zero-order valence-electron chi connectivity index (χ0n) is 10.4. The summed E-state index contributed by atoms with van der Waals surface area (Å²) in [6, 6.07) is 0.565. The molecule has 16 heavy (non-hydrogen) atoms. The van der Waals surface area contributed by atoms with Crippen molar-refractivity contribution < 1.29 is 9.53 Å². The molecule has 0 saturated carbocycles. The van der Waals surface area contributed by atoms with Gasteiger partial charge in [0.15, 0.2) is 5.78 Å². The van der Waals surface area contributed by atoms with Gasteiger partial charge in [-0.25, -0.2) is 0 Å². The first kappa shape index (κ1) is 12.1. The Bertz CT molecular complexity index is 248. The van der Waals surface area contributed by atoms with Gasteiger partial charge in [0.25, 0.3) is 0 Å². The monoisotopic (exact) mass is 225 g/mol. The standard InChI is InChI=1S/C13H23NO2/c1-10-3-5-14(11(2)7-10)8-13(15)12-4-6-16-9-12/h10-12H,3-9H2,1-2H3. The first-order valence-electron chi connectivity index (χ1n) is 6.51. The van der Waals surface area contributed by atoms with E-state index in [1.165, 1.54) is 12.8 Å². The van der Waals surface area contributed by atoms with Crippen LogP contribution < -0.4 is 0 Å². The summed E-state index contributed by atoms with van der Waals surface area (Å²) in [6.07, 6.45) is 3.39. The van der Waals surface area contributed by atoms with E-state index in [2.05, 4.69) is 18.7 Å². The Labute approximate surface area is 98.1 Å². The summed E-state index contributed by atoms with van der Waals surface area (Å²) in [6.45, 7) is 7.69. The maximum absolute atomic E-state index is 12.0. The Hall–Kier alpha value is -0.410. The van der Waals surface area contributed by atoms with Crippen molar-refractivity contribution in [2.75, 3.05) is 26.3 Å². The van der Waals surface area contributed by atoms with Gasteiger partial charge < -0.3 is 4.74 Å². The lowest BCUT2D eigenvalue weighted by atomic mass is 9.92. The van der Waals surface area contributed by atoms with Gasteiger partial charge >= 0.3 is 0 Å². The van der Waals surface area contributed by atoms with Gasteiger partial charge in [0.1, 0.15) is 0 Å². The fourth-order valence-electron chi connectivity index (χ4n) is 2.81. The minimum absolute atomic E-state index is 0.173. The highest BCUT2D eigenvalue weighted by atomic mass is 16.5. The number of carbonyl (C=O) groups excluding carboxylic acids is 1. The van der Waals surface area contributed by atoms with Gasteiger partial charge in [-0.05, 0) is 38.6 Å². The summed E-state index contributed by atoms with van der Waals surface area (Å²) in [7, 11) is 0. The normalized spacial score (nSPS) is 36.5. The smallest absolute Gasteiger partial charge is 0.152 e. The largest absolute Gasteiger partial charge is 0.381 e. The molecule has 0 amide bonds. The number of hydrogen-bond donors (Lipinski definition) is 0. The molecule has 3 unspecified atom stereocenters. The summed E-state index contributed by atoms with van der Waals surface area (Å²) in [5, 5.41) is 0. The van der Waals surface area contributed by atoms with E-state index in [1.54, 1.807) is 0 Å². The molecule has 0 radical (unpaired) electrons. The molecular formula is C13H23NO2. The zero-order chi connectivity index (χ0) is 11.5. The number of carbonyl (C=O) groups is 1. The van der Waals surface area contributed by atoms with Crippen LogP contribution in [0.25, 0.3) is 0 Å². The van der Waals surface area contributed by atoms with E-state index in [1.807, 2.05) is 0 Å². The summed E-state index contributed by atoms with van der Waals surface area (Å²) >= 11 is 0. The molecule has 3 atom stereocenters. The molecule has 0 bridgehead atoms. The van der Waals surface area contributed by atoms with E-state index in [0.29, 0.717) is 25.0 Å². The van der Waals surface area contributed by atoms with Gasteiger partial charge in [-0.2, -0.15) is 0 Å². The molecule has 2 fully saturated rings. The summed E-state index contributed by atoms with van der Waals surface area (Å²) < 4.78 is 5.27. The van der Waals surface area contributed by atoms with Gasteiger partial charge in [0, 0.05) is 18.6 Å². The predicted octanol–water partition coefficient (Wildman–Crippen LogP) is 1.71. The second kappa shape index (κ2) is 5.28. The SMILES string of the molecule is CC1CCN(CC(=O)C2CCOC2)C(C)C1. The molecule has 2 saturated heterocycles. The number of piperidine rings is 1. The quantitative estimate of drug-likeness (QED) is 0.732. The van der Waals surface area contributed by atoms with Crippen LogP contribution in [0.5, 0.6) is 0 Å². The van der Waals surface area contributed by atoms with Gasteiger partial charge in [-0.1, -0.05) is 6.92 Å². The van der Waals surface area contributed by atoms with E-state index in [-0.39, 0.29) is 5.92 Å². The van der Waals surface area contributed by atoms with Gasteiger partial charge in [0.05, 0.1) is 13.2 Å². The van der Waals surface area contributed by atoms with Crippen molar-refractivity contribution in [3.63, 3.8) is 0 Å².